The fraction of sp³-hybridized carbons (Fsp3) is 0.368. The summed E-state index contributed by atoms with van der Waals surface area (Å²) in [5.41, 5.74) is 1.74. The summed E-state index contributed by atoms with van der Waals surface area (Å²) < 4.78 is 0. The Morgan fingerprint density at radius 2 is 2.04 bits per heavy atom. The van der Waals surface area contributed by atoms with Crippen LogP contribution in [0.4, 0.5) is 4.79 Å². The number of urea groups is 1. The minimum atomic E-state index is -0.223. The molecule has 2 rings (SSSR count). The summed E-state index contributed by atoms with van der Waals surface area (Å²) in [6, 6.07) is 5.80. The van der Waals surface area contributed by atoms with Gasteiger partial charge >= 0.3 is 6.03 Å². The second kappa shape index (κ2) is 8.32. The van der Waals surface area contributed by atoms with E-state index in [9.17, 15) is 4.79 Å². The zero-order chi connectivity index (χ0) is 16.7. The number of hydrogen-bond acceptors (Lipinski definition) is 2. The van der Waals surface area contributed by atoms with Gasteiger partial charge in [0.25, 0.3) is 0 Å². The number of rotatable bonds is 6. The molecule has 0 bridgehead atoms. The molecule has 1 fully saturated rings. The Morgan fingerprint density at radius 3 is 2.78 bits per heavy atom. The lowest BCUT2D eigenvalue weighted by Gasteiger charge is -2.01. The van der Waals surface area contributed by atoms with Crippen LogP contribution >= 0.6 is 0 Å². The highest BCUT2D eigenvalue weighted by Gasteiger charge is 2.20. The van der Waals surface area contributed by atoms with Gasteiger partial charge in [0.2, 0.25) is 0 Å². The molecule has 0 atom stereocenters. The van der Waals surface area contributed by atoms with E-state index in [1.165, 1.54) is 19.3 Å². The van der Waals surface area contributed by atoms with Gasteiger partial charge in [-0.15, -0.1) is 0 Å². The van der Waals surface area contributed by atoms with Gasteiger partial charge in [-0.2, -0.15) is 0 Å². The maximum absolute atomic E-state index is 11.6. The lowest BCUT2D eigenvalue weighted by atomic mass is 10.1. The van der Waals surface area contributed by atoms with E-state index in [4.69, 9.17) is 0 Å². The van der Waals surface area contributed by atoms with Crippen molar-refractivity contribution in [2.75, 3.05) is 6.54 Å². The number of aliphatic imine (C=N–C) groups is 1. The monoisotopic (exact) mass is 311 g/mol. The van der Waals surface area contributed by atoms with Crippen LogP contribution < -0.4 is 21.1 Å². The second-order valence-electron chi connectivity index (χ2n) is 5.68. The maximum atomic E-state index is 11.6. The standard InChI is InChI=1S/C19H25N3O/c1-4-6-7-8-11-20-18-17(21-19(23)22-18)13-15-10-9-14(3)16(5-2)12-15/h5,9-10,12-13H,3-4,6-8,11H2,1-2H3,(H2,20,21,22,23)/b16-5-,17-13-. The van der Waals surface area contributed by atoms with E-state index >= 15 is 0 Å². The molecule has 0 saturated carbocycles. The number of nitrogens with one attached hydrogen (secondary N) is 2. The highest BCUT2D eigenvalue weighted by atomic mass is 16.2. The normalized spacial score (nSPS) is 18.5. The first-order valence-electron chi connectivity index (χ1n) is 8.24. The van der Waals surface area contributed by atoms with Gasteiger partial charge < -0.3 is 5.32 Å². The third-order valence-electron chi connectivity index (χ3n) is 3.81. The number of unbranched alkanes of at least 4 members (excludes halogenated alkanes) is 3. The van der Waals surface area contributed by atoms with E-state index in [2.05, 4.69) is 35.2 Å². The molecule has 1 heterocycles. The minimum absolute atomic E-state index is 0.223. The first kappa shape index (κ1) is 17.0. The molecule has 1 aliphatic rings. The van der Waals surface area contributed by atoms with Crippen molar-refractivity contribution in [2.24, 2.45) is 4.99 Å². The molecule has 0 radical (unpaired) electrons. The Kier molecular flexibility index (Phi) is 6.15. The predicted octanol–water partition coefficient (Wildman–Crippen LogP) is 2.53. The Morgan fingerprint density at radius 1 is 1.22 bits per heavy atom. The van der Waals surface area contributed by atoms with Gasteiger partial charge in [-0.05, 0) is 41.5 Å². The smallest absolute Gasteiger partial charge is 0.304 e. The van der Waals surface area contributed by atoms with Gasteiger partial charge in [0, 0.05) is 6.54 Å². The van der Waals surface area contributed by atoms with E-state index in [1.807, 2.05) is 31.2 Å². The van der Waals surface area contributed by atoms with Crippen LogP contribution in [0.25, 0.3) is 18.7 Å². The average Bonchev–Trinajstić information content (AvgIpc) is 2.88. The van der Waals surface area contributed by atoms with Crippen molar-refractivity contribution >= 4 is 30.6 Å². The average molecular weight is 311 g/mol. The van der Waals surface area contributed by atoms with Gasteiger partial charge in [0.1, 0.15) is 0 Å². The van der Waals surface area contributed by atoms with Crippen LogP contribution in [0.15, 0.2) is 28.9 Å². The van der Waals surface area contributed by atoms with Crippen molar-refractivity contribution in [3.63, 3.8) is 0 Å². The summed E-state index contributed by atoms with van der Waals surface area (Å²) in [5, 5.41) is 7.66. The SMILES string of the molecule is C=c1ccc(/C=C2\NC(=O)NC2=NCCCCCC)c/c1=C/C. The quantitative estimate of drug-likeness (QED) is 0.779. The molecule has 1 saturated heterocycles. The number of nitrogens with zero attached hydrogens (tertiary/aromatic N) is 1. The summed E-state index contributed by atoms with van der Waals surface area (Å²) in [7, 11) is 0. The van der Waals surface area contributed by atoms with E-state index < -0.39 is 0 Å². The molecule has 122 valence electrons. The number of hydrogen-bond donors (Lipinski definition) is 2. The van der Waals surface area contributed by atoms with E-state index in [-0.39, 0.29) is 6.03 Å². The molecule has 4 heteroatoms. The van der Waals surface area contributed by atoms with Crippen molar-refractivity contribution in [1.82, 2.24) is 10.6 Å². The third-order valence-corrected chi connectivity index (χ3v) is 3.81. The minimum Gasteiger partial charge on any atom is -0.304 e. The van der Waals surface area contributed by atoms with E-state index in [0.29, 0.717) is 5.84 Å². The molecular weight excluding hydrogens is 286 g/mol. The Hall–Kier alpha value is -2.36. The zero-order valence-electron chi connectivity index (χ0n) is 14.0. The van der Waals surface area contributed by atoms with Gasteiger partial charge in [-0.25, -0.2) is 4.79 Å². The summed E-state index contributed by atoms with van der Waals surface area (Å²) in [6.07, 6.45) is 8.62. The van der Waals surface area contributed by atoms with Gasteiger partial charge in [-0.3, -0.25) is 10.3 Å². The molecule has 0 spiro atoms. The third kappa shape index (κ3) is 4.81. The molecule has 2 N–H and O–H groups in total. The Bertz CT molecular complexity index is 731. The van der Waals surface area contributed by atoms with Crippen LogP contribution in [-0.4, -0.2) is 18.4 Å². The lowest BCUT2D eigenvalue weighted by molar-refractivity contribution is 0.250. The van der Waals surface area contributed by atoms with Crippen LogP contribution in [0.1, 0.15) is 45.1 Å². The van der Waals surface area contributed by atoms with Gasteiger partial charge in [0.15, 0.2) is 5.84 Å². The summed E-state index contributed by atoms with van der Waals surface area (Å²) >= 11 is 0. The number of amides is 2. The van der Waals surface area contributed by atoms with E-state index in [1.54, 1.807) is 0 Å². The van der Waals surface area contributed by atoms with E-state index in [0.717, 1.165) is 34.7 Å². The first-order valence-corrected chi connectivity index (χ1v) is 8.24. The highest BCUT2D eigenvalue weighted by Crippen LogP contribution is 2.08. The first-order chi connectivity index (χ1) is 11.1. The van der Waals surface area contributed by atoms with Gasteiger partial charge in [-0.1, -0.05) is 51.0 Å². The fourth-order valence-electron chi connectivity index (χ4n) is 2.48. The molecule has 2 amide bonds. The Balaban J connectivity index is 2.17. The van der Waals surface area contributed by atoms with Crippen LogP contribution in [-0.2, 0) is 0 Å². The molecular formula is C19H25N3O. The molecule has 1 aliphatic heterocycles. The van der Waals surface area contributed by atoms with Gasteiger partial charge in [0.05, 0.1) is 5.70 Å². The summed E-state index contributed by atoms with van der Waals surface area (Å²) in [4.78, 5) is 16.1. The lowest BCUT2D eigenvalue weighted by Crippen LogP contribution is -2.22. The second-order valence-corrected chi connectivity index (χ2v) is 5.68. The number of benzene rings is 1. The maximum Gasteiger partial charge on any atom is 0.325 e. The van der Waals surface area contributed by atoms with Crippen LogP contribution in [0.2, 0.25) is 0 Å². The van der Waals surface area contributed by atoms with Crippen molar-refractivity contribution in [1.29, 1.82) is 0 Å². The summed E-state index contributed by atoms with van der Waals surface area (Å²) in [5.74, 6) is 0.632. The van der Waals surface area contributed by atoms with Crippen molar-refractivity contribution < 1.29 is 4.79 Å². The topological polar surface area (TPSA) is 53.5 Å². The van der Waals surface area contributed by atoms with Crippen molar-refractivity contribution in [2.45, 2.75) is 39.5 Å². The molecule has 1 aromatic carbocycles. The number of amidine groups is 1. The molecule has 4 nitrogen and oxygen atoms in total. The molecule has 0 aromatic heterocycles. The van der Waals surface area contributed by atoms with Crippen LogP contribution in [0.5, 0.6) is 0 Å². The highest BCUT2D eigenvalue weighted by molar-refractivity contribution is 6.16. The number of carbonyl (C=O) groups is 1. The number of carbonyl (C=O) groups excluding carboxylic acids is 1. The zero-order valence-corrected chi connectivity index (χ0v) is 14.0. The molecule has 0 unspecified atom stereocenters. The fourth-order valence-corrected chi connectivity index (χ4v) is 2.48. The van der Waals surface area contributed by atoms with Crippen molar-refractivity contribution in [3.8, 4) is 0 Å². The molecule has 23 heavy (non-hydrogen) atoms. The Labute approximate surface area is 137 Å². The van der Waals surface area contributed by atoms with Crippen molar-refractivity contribution in [3.05, 3.63) is 39.9 Å². The predicted molar refractivity (Wildman–Crippen MR) is 97.4 cm³/mol. The molecule has 1 aromatic rings. The van der Waals surface area contributed by atoms with Crippen LogP contribution in [0.3, 0.4) is 0 Å². The largest absolute Gasteiger partial charge is 0.325 e. The van der Waals surface area contributed by atoms with Crippen LogP contribution in [0, 0.1) is 0 Å². The summed E-state index contributed by atoms with van der Waals surface area (Å²) in [6.45, 7) is 8.91. The molecule has 0 aliphatic carbocycles.